The van der Waals surface area contributed by atoms with Crippen molar-refractivity contribution in [3.8, 4) is 0 Å². The zero-order valence-electron chi connectivity index (χ0n) is 14.0. The van der Waals surface area contributed by atoms with Crippen LogP contribution in [-0.4, -0.2) is 78.2 Å². The van der Waals surface area contributed by atoms with Crippen LogP contribution in [0, 0.1) is 5.41 Å². The number of amides is 2. The highest BCUT2D eigenvalue weighted by atomic mass is 32.2. The third kappa shape index (κ3) is 3.98. The maximum Gasteiger partial charge on any atom is 0.336 e. The molecule has 23 heavy (non-hydrogen) atoms. The second-order valence-electron chi connectivity index (χ2n) is 6.71. The smallest absolute Gasteiger partial charge is 0.336 e. The van der Waals surface area contributed by atoms with Crippen molar-refractivity contribution in [3.05, 3.63) is 0 Å². The molecule has 130 valence electrons. The van der Waals surface area contributed by atoms with Gasteiger partial charge >= 0.3 is 5.97 Å². The topological polar surface area (TPSA) is 76.2 Å². The molecule has 0 aromatic carbocycles. The zero-order chi connectivity index (χ0) is 17.2. The summed E-state index contributed by atoms with van der Waals surface area (Å²) in [5, 5.41) is 0. The second kappa shape index (κ2) is 7.09. The highest BCUT2D eigenvalue weighted by Crippen LogP contribution is 2.28. The Labute approximate surface area is 140 Å². The average Bonchev–Trinajstić information content (AvgIpc) is 3.01. The van der Waals surface area contributed by atoms with E-state index >= 15 is 0 Å². The van der Waals surface area contributed by atoms with Gasteiger partial charge in [-0.05, 0) is 0 Å². The van der Waals surface area contributed by atoms with Crippen molar-refractivity contribution in [2.75, 3.05) is 38.4 Å². The lowest BCUT2D eigenvalue weighted by Gasteiger charge is -2.36. The van der Waals surface area contributed by atoms with E-state index < -0.39 is 23.5 Å². The largest absolute Gasteiger partial charge is 0.467 e. The van der Waals surface area contributed by atoms with Gasteiger partial charge in [0, 0.05) is 17.7 Å². The first-order valence-electron chi connectivity index (χ1n) is 7.62. The van der Waals surface area contributed by atoms with Gasteiger partial charge in [0.1, 0.15) is 6.04 Å². The van der Waals surface area contributed by atoms with Crippen LogP contribution in [0.4, 0.5) is 0 Å². The Kier molecular flexibility index (Phi) is 5.57. The molecule has 0 N–H and O–H groups in total. The summed E-state index contributed by atoms with van der Waals surface area (Å²) in [6.07, 6.45) is -0.751. The summed E-state index contributed by atoms with van der Waals surface area (Å²) >= 11 is 1.57. The minimum atomic E-state index is -0.751. The molecule has 0 unspecified atom stereocenters. The predicted molar refractivity (Wildman–Crippen MR) is 85.8 cm³/mol. The number of morpholine rings is 1. The number of rotatable bonds is 2. The summed E-state index contributed by atoms with van der Waals surface area (Å²) in [6, 6.07) is -0.469. The normalized spacial score (nSPS) is 25.4. The van der Waals surface area contributed by atoms with Gasteiger partial charge in [-0.3, -0.25) is 9.59 Å². The van der Waals surface area contributed by atoms with Crippen molar-refractivity contribution in [2.24, 2.45) is 5.41 Å². The molecule has 2 aliphatic rings. The molecule has 7 nitrogen and oxygen atoms in total. The molecule has 2 amide bonds. The summed E-state index contributed by atoms with van der Waals surface area (Å²) < 4.78 is 10.0. The lowest BCUT2D eigenvalue weighted by atomic mass is 9.94. The molecule has 2 rings (SSSR count). The first kappa shape index (κ1) is 18.1. The van der Waals surface area contributed by atoms with Crippen molar-refractivity contribution in [1.82, 2.24) is 9.80 Å². The second-order valence-corrected chi connectivity index (χ2v) is 7.71. The Balaban J connectivity index is 2.06. The molecule has 0 bridgehead atoms. The highest BCUT2D eigenvalue weighted by molar-refractivity contribution is 7.99. The van der Waals surface area contributed by atoms with Crippen LogP contribution in [0.5, 0.6) is 0 Å². The van der Waals surface area contributed by atoms with E-state index in [0.717, 1.165) is 0 Å². The van der Waals surface area contributed by atoms with Gasteiger partial charge in [-0.15, -0.1) is 11.8 Å². The summed E-state index contributed by atoms with van der Waals surface area (Å²) in [4.78, 5) is 40.2. The number of carbonyl (C=O) groups excluding carboxylic acids is 3. The minimum absolute atomic E-state index is 0.0290. The quantitative estimate of drug-likeness (QED) is 0.672. The summed E-state index contributed by atoms with van der Waals surface area (Å²) in [5.74, 6) is 0.479. The average molecular weight is 344 g/mol. The summed E-state index contributed by atoms with van der Waals surface area (Å²) in [6.45, 7) is 6.43. The first-order valence-corrected chi connectivity index (χ1v) is 8.78. The number of nitrogens with zero attached hydrogens (tertiary/aromatic N) is 2. The van der Waals surface area contributed by atoms with Crippen molar-refractivity contribution >= 4 is 29.5 Å². The monoisotopic (exact) mass is 344 g/mol. The van der Waals surface area contributed by atoms with Gasteiger partial charge < -0.3 is 19.3 Å². The Morgan fingerprint density at radius 1 is 1.26 bits per heavy atom. The zero-order valence-corrected chi connectivity index (χ0v) is 14.9. The molecule has 0 aliphatic carbocycles. The fourth-order valence-corrected chi connectivity index (χ4v) is 3.76. The maximum absolute atomic E-state index is 12.8. The van der Waals surface area contributed by atoms with Crippen LogP contribution in [0.15, 0.2) is 0 Å². The lowest BCUT2D eigenvalue weighted by Crippen LogP contribution is -2.56. The van der Waals surface area contributed by atoms with Crippen molar-refractivity contribution in [2.45, 2.75) is 32.9 Å². The number of hydrogen-bond donors (Lipinski definition) is 0. The third-order valence-corrected chi connectivity index (χ3v) is 4.92. The number of methoxy groups -OCH3 is 1. The molecule has 2 atom stereocenters. The summed E-state index contributed by atoms with van der Waals surface area (Å²) in [7, 11) is 1.30. The summed E-state index contributed by atoms with van der Waals surface area (Å²) in [5.41, 5.74) is -0.525. The van der Waals surface area contributed by atoms with E-state index in [-0.39, 0.29) is 18.4 Å². The Bertz CT molecular complexity index is 491. The third-order valence-electron chi connectivity index (χ3n) is 3.91. The van der Waals surface area contributed by atoms with E-state index in [2.05, 4.69) is 4.74 Å². The van der Waals surface area contributed by atoms with Gasteiger partial charge in [-0.2, -0.15) is 0 Å². The molecule has 2 heterocycles. The predicted octanol–water partition coefficient (Wildman–Crippen LogP) is 0.334. The molecule has 2 fully saturated rings. The molecule has 0 spiro atoms. The molecule has 2 saturated heterocycles. The standard InChI is InChI=1S/C15H24N2O5S/c1-15(2,3)14(20)17-9-23-8-10(17)12(18)16-5-6-22-11(7-16)13(19)21-4/h10-11H,5-9H2,1-4H3/t10-,11-/m1/s1. The molecule has 8 heteroatoms. The van der Waals surface area contributed by atoms with E-state index in [1.807, 2.05) is 20.8 Å². The SMILES string of the molecule is COC(=O)[C@H]1CN(C(=O)[C@H]2CSCN2C(=O)C(C)(C)C)CCO1. The van der Waals surface area contributed by atoms with E-state index in [4.69, 9.17) is 4.74 Å². The van der Waals surface area contributed by atoms with Crippen LogP contribution in [0.2, 0.25) is 0 Å². The number of ether oxygens (including phenoxy) is 2. The van der Waals surface area contributed by atoms with E-state index in [0.29, 0.717) is 24.8 Å². The maximum atomic E-state index is 12.8. The van der Waals surface area contributed by atoms with Crippen LogP contribution in [-0.2, 0) is 23.9 Å². The van der Waals surface area contributed by atoms with Gasteiger partial charge in [0.25, 0.3) is 0 Å². The van der Waals surface area contributed by atoms with Gasteiger partial charge in [0.15, 0.2) is 6.10 Å². The Hall–Kier alpha value is -1.28. The molecule has 0 aromatic rings. The van der Waals surface area contributed by atoms with Crippen molar-refractivity contribution in [1.29, 1.82) is 0 Å². The van der Waals surface area contributed by atoms with Crippen LogP contribution >= 0.6 is 11.8 Å². The van der Waals surface area contributed by atoms with E-state index in [1.54, 1.807) is 21.6 Å². The van der Waals surface area contributed by atoms with Gasteiger partial charge in [-0.25, -0.2) is 4.79 Å². The van der Waals surface area contributed by atoms with Crippen LogP contribution in [0.1, 0.15) is 20.8 Å². The number of esters is 1. The molecular weight excluding hydrogens is 320 g/mol. The molecule has 2 aliphatic heterocycles. The Morgan fingerprint density at radius 3 is 2.57 bits per heavy atom. The van der Waals surface area contributed by atoms with Crippen LogP contribution < -0.4 is 0 Å². The van der Waals surface area contributed by atoms with Gasteiger partial charge in [0.05, 0.1) is 26.1 Å². The molecule has 0 saturated carbocycles. The highest BCUT2D eigenvalue weighted by Gasteiger charge is 2.42. The van der Waals surface area contributed by atoms with E-state index in [1.165, 1.54) is 7.11 Å². The van der Waals surface area contributed by atoms with Gasteiger partial charge in [-0.1, -0.05) is 20.8 Å². The molecule has 0 radical (unpaired) electrons. The van der Waals surface area contributed by atoms with Crippen LogP contribution in [0.25, 0.3) is 0 Å². The number of thioether (sulfide) groups is 1. The lowest BCUT2D eigenvalue weighted by molar-refractivity contribution is -0.164. The van der Waals surface area contributed by atoms with Crippen molar-refractivity contribution in [3.63, 3.8) is 0 Å². The van der Waals surface area contributed by atoms with E-state index in [9.17, 15) is 14.4 Å². The fourth-order valence-electron chi connectivity index (χ4n) is 2.61. The Morgan fingerprint density at radius 2 is 1.96 bits per heavy atom. The van der Waals surface area contributed by atoms with Crippen LogP contribution in [0.3, 0.4) is 0 Å². The van der Waals surface area contributed by atoms with Gasteiger partial charge in [0.2, 0.25) is 11.8 Å². The number of carbonyl (C=O) groups is 3. The minimum Gasteiger partial charge on any atom is -0.467 e. The van der Waals surface area contributed by atoms with Crippen molar-refractivity contribution < 1.29 is 23.9 Å². The number of hydrogen-bond acceptors (Lipinski definition) is 6. The fraction of sp³-hybridized carbons (Fsp3) is 0.800. The first-order chi connectivity index (χ1) is 10.8. The molecular formula is C15H24N2O5S. The molecule has 0 aromatic heterocycles.